The largest absolute Gasteiger partial charge is 0.331 e. The Hall–Kier alpha value is -0.970. The number of carbonyl (C=O) groups excluding carboxylic acids is 1. The molecule has 1 fully saturated rings. The molecule has 1 saturated carbocycles. The first-order chi connectivity index (χ1) is 6.15. The zero-order valence-electron chi connectivity index (χ0n) is 8.42. The molecule has 0 N–H and O–H groups in total. The van der Waals surface area contributed by atoms with Gasteiger partial charge in [0.1, 0.15) is 0 Å². The van der Waals surface area contributed by atoms with Crippen LogP contribution < -0.4 is 0 Å². The molecule has 0 spiro atoms. The molecule has 0 aromatic heterocycles. The summed E-state index contributed by atoms with van der Waals surface area (Å²) in [7, 11) is 0. The Labute approximate surface area is 80.3 Å². The molecule has 0 saturated heterocycles. The highest BCUT2D eigenvalue weighted by molar-refractivity contribution is 5.78. The SMILES string of the molecule is C#CCN(CC1CC1)C(=O)C(C)C. The molecule has 13 heavy (non-hydrogen) atoms. The van der Waals surface area contributed by atoms with Gasteiger partial charge in [0.2, 0.25) is 5.91 Å². The third kappa shape index (κ3) is 3.10. The summed E-state index contributed by atoms with van der Waals surface area (Å²) in [4.78, 5) is 13.4. The number of terminal acetylenes is 1. The minimum atomic E-state index is 0.0621. The first kappa shape index (κ1) is 10.1. The zero-order valence-corrected chi connectivity index (χ0v) is 8.42. The van der Waals surface area contributed by atoms with Crippen LogP contribution in [0, 0.1) is 24.2 Å². The lowest BCUT2D eigenvalue weighted by Crippen LogP contribution is -2.36. The van der Waals surface area contributed by atoms with Crippen LogP contribution in [0.2, 0.25) is 0 Å². The molecule has 0 unspecified atom stereocenters. The third-order valence-electron chi connectivity index (χ3n) is 2.26. The molecule has 1 aliphatic rings. The summed E-state index contributed by atoms with van der Waals surface area (Å²) in [5.41, 5.74) is 0. The molecular weight excluding hydrogens is 162 g/mol. The minimum Gasteiger partial charge on any atom is -0.331 e. The van der Waals surface area contributed by atoms with Crippen LogP contribution in [-0.2, 0) is 4.79 Å². The molecule has 1 aliphatic carbocycles. The fourth-order valence-corrected chi connectivity index (χ4v) is 1.32. The van der Waals surface area contributed by atoms with Crippen LogP contribution in [0.25, 0.3) is 0 Å². The standard InChI is InChI=1S/C11H17NO/c1-4-7-12(8-10-5-6-10)11(13)9(2)3/h1,9-10H,5-8H2,2-3H3. The molecule has 0 aromatic rings. The van der Waals surface area contributed by atoms with Gasteiger partial charge < -0.3 is 4.90 Å². The molecule has 0 atom stereocenters. The van der Waals surface area contributed by atoms with Crippen molar-refractivity contribution in [3.8, 4) is 12.3 Å². The van der Waals surface area contributed by atoms with Gasteiger partial charge in [0.05, 0.1) is 6.54 Å². The fraction of sp³-hybridized carbons (Fsp3) is 0.727. The Balaban J connectivity index is 2.45. The molecule has 0 heterocycles. The van der Waals surface area contributed by atoms with Crippen molar-refractivity contribution in [2.75, 3.05) is 13.1 Å². The molecule has 0 aliphatic heterocycles. The van der Waals surface area contributed by atoms with E-state index < -0.39 is 0 Å². The van der Waals surface area contributed by atoms with Crippen molar-refractivity contribution >= 4 is 5.91 Å². The maximum absolute atomic E-state index is 11.6. The predicted octanol–water partition coefficient (Wildman–Crippen LogP) is 1.51. The van der Waals surface area contributed by atoms with Gasteiger partial charge in [-0.25, -0.2) is 0 Å². The smallest absolute Gasteiger partial charge is 0.225 e. The zero-order chi connectivity index (χ0) is 9.84. The van der Waals surface area contributed by atoms with Gasteiger partial charge in [-0.1, -0.05) is 19.8 Å². The van der Waals surface area contributed by atoms with E-state index in [2.05, 4.69) is 5.92 Å². The maximum atomic E-state index is 11.6. The van der Waals surface area contributed by atoms with E-state index in [0.717, 1.165) is 12.5 Å². The molecule has 0 bridgehead atoms. The van der Waals surface area contributed by atoms with Gasteiger partial charge in [0.15, 0.2) is 0 Å². The molecular formula is C11H17NO. The van der Waals surface area contributed by atoms with Crippen molar-refractivity contribution in [1.29, 1.82) is 0 Å². The lowest BCUT2D eigenvalue weighted by Gasteiger charge is -2.21. The quantitative estimate of drug-likeness (QED) is 0.599. The Morgan fingerprint density at radius 3 is 2.62 bits per heavy atom. The number of hydrogen-bond donors (Lipinski definition) is 0. The van der Waals surface area contributed by atoms with E-state index in [-0.39, 0.29) is 11.8 Å². The number of carbonyl (C=O) groups is 1. The second-order valence-corrected chi connectivity index (χ2v) is 4.02. The van der Waals surface area contributed by atoms with Crippen LogP contribution in [0.3, 0.4) is 0 Å². The molecule has 1 amide bonds. The summed E-state index contributed by atoms with van der Waals surface area (Å²) in [6.45, 7) is 5.16. The van der Waals surface area contributed by atoms with Crippen molar-refractivity contribution in [2.45, 2.75) is 26.7 Å². The highest BCUT2D eigenvalue weighted by Crippen LogP contribution is 2.29. The van der Waals surface area contributed by atoms with Crippen LogP contribution in [0.1, 0.15) is 26.7 Å². The summed E-state index contributed by atoms with van der Waals surface area (Å²) in [5, 5.41) is 0. The number of rotatable bonds is 4. The van der Waals surface area contributed by atoms with Crippen LogP contribution in [0.4, 0.5) is 0 Å². The Bertz CT molecular complexity index is 223. The van der Waals surface area contributed by atoms with Gasteiger partial charge in [0, 0.05) is 12.5 Å². The molecule has 2 heteroatoms. The second-order valence-electron chi connectivity index (χ2n) is 4.02. The van der Waals surface area contributed by atoms with Gasteiger partial charge >= 0.3 is 0 Å². The van der Waals surface area contributed by atoms with E-state index >= 15 is 0 Å². The van der Waals surface area contributed by atoms with Crippen LogP contribution in [0.15, 0.2) is 0 Å². The Kier molecular flexibility index (Phi) is 3.36. The fourth-order valence-electron chi connectivity index (χ4n) is 1.32. The normalized spacial score (nSPS) is 15.5. The monoisotopic (exact) mass is 179 g/mol. The lowest BCUT2D eigenvalue weighted by molar-refractivity contribution is -0.134. The van der Waals surface area contributed by atoms with E-state index in [1.807, 2.05) is 18.7 Å². The summed E-state index contributed by atoms with van der Waals surface area (Å²) in [6.07, 6.45) is 7.73. The molecule has 2 nitrogen and oxygen atoms in total. The topological polar surface area (TPSA) is 20.3 Å². The van der Waals surface area contributed by atoms with Crippen molar-refractivity contribution in [3.05, 3.63) is 0 Å². The number of nitrogens with zero attached hydrogens (tertiary/aromatic N) is 1. The van der Waals surface area contributed by atoms with Crippen LogP contribution in [-0.4, -0.2) is 23.9 Å². The summed E-state index contributed by atoms with van der Waals surface area (Å²) in [6, 6.07) is 0. The van der Waals surface area contributed by atoms with Crippen LogP contribution in [0.5, 0.6) is 0 Å². The Morgan fingerprint density at radius 2 is 2.23 bits per heavy atom. The van der Waals surface area contributed by atoms with E-state index in [4.69, 9.17) is 6.42 Å². The highest BCUT2D eigenvalue weighted by atomic mass is 16.2. The number of amides is 1. The molecule has 72 valence electrons. The molecule has 0 aromatic carbocycles. The predicted molar refractivity (Wildman–Crippen MR) is 53.0 cm³/mol. The molecule has 0 radical (unpaired) electrons. The summed E-state index contributed by atoms with van der Waals surface area (Å²) in [5.74, 6) is 3.51. The Morgan fingerprint density at radius 1 is 1.62 bits per heavy atom. The van der Waals surface area contributed by atoms with Gasteiger partial charge in [-0.15, -0.1) is 6.42 Å². The average molecular weight is 179 g/mol. The second kappa shape index (κ2) is 4.32. The van der Waals surface area contributed by atoms with E-state index in [9.17, 15) is 4.79 Å². The maximum Gasteiger partial charge on any atom is 0.225 e. The average Bonchev–Trinajstić information content (AvgIpc) is 2.86. The van der Waals surface area contributed by atoms with Gasteiger partial charge in [-0.3, -0.25) is 4.79 Å². The van der Waals surface area contributed by atoms with E-state index in [1.54, 1.807) is 0 Å². The van der Waals surface area contributed by atoms with Crippen molar-refractivity contribution in [3.63, 3.8) is 0 Å². The summed E-state index contributed by atoms with van der Waals surface area (Å²) < 4.78 is 0. The van der Waals surface area contributed by atoms with Gasteiger partial charge in [-0.2, -0.15) is 0 Å². The summed E-state index contributed by atoms with van der Waals surface area (Å²) >= 11 is 0. The van der Waals surface area contributed by atoms with E-state index in [1.165, 1.54) is 12.8 Å². The van der Waals surface area contributed by atoms with Gasteiger partial charge in [-0.05, 0) is 18.8 Å². The third-order valence-corrected chi connectivity index (χ3v) is 2.26. The lowest BCUT2D eigenvalue weighted by atomic mass is 10.2. The first-order valence-electron chi connectivity index (χ1n) is 4.87. The van der Waals surface area contributed by atoms with Crippen molar-refractivity contribution < 1.29 is 4.79 Å². The van der Waals surface area contributed by atoms with Crippen molar-refractivity contribution in [2.24, 2.45) is 11.8 Å². The van der Waals surface area contributed by atoms with E-state index in [0.29, 0.717) is 6.54 Å². The number of hydrogen-bond acceptors (Lipinski definition) is 1. The highest BCUT2D eigenvalue weighted by Gasteiger charge is 2.27. The first-order valence-corrected chi connectivity index (χ1v) is 4.87. The minimum absolute atomic E-state index is 0.0621. The molecule has 1 rings (SSSR count). The van der Waals surface area contributed by atoms with Gasteiger partial charge in [0.25, 0.3) is 0 Å². The van der Waals surface area contributed by atoms with Crippen LogP contribution >= 0.6 is 0 Å². The van der Waals surface area contributed by atoms with Crippen molar-refractivity contribution in [1.82, 2.24) is 4.90 Å².